The van der Waals surface area contributed by atoms with Crippen molar-refractivity contribution in [2.24, 2.45) is 0 Å². The van der Waals surface area contributed by atoms with Crippen LogP contribution in [0.1, 0.15) is 25.5 Å². The maximum atomic E-state index is 12.4. The molecule has 0 atom stereocenters. The van der Waals surface area contributed by atoms with E-state index >= 15 is 0 Å². The maximum absolute atomic E-state index is 12.4. The number of hydrogen-bond donors (Lipinski definition) is 1. The zero-order chi connectivity index (χ0) is 14.2. The molecule has 0 bridgehead atoms. The zero-order valence-corrected chi connectivity index (χ0v) is 12.0. The van der Waals surface area contributed by atoms with E-state index in [4.69, 9.17) is 0 Å². The van der Waals surface area contributed by atoms with Gasteiger partial charge in [0.25, 0.3) is 5.56 Å². The molecule has 19 heavy (non-hydrogen) atoms. The molecule has 5 heteroatoms. The molecule has 1 aromatic carbocycles. The van der Waals surface area contributed by atoms with E-state index < -0.39 is 5.24 Å². The number of nitrogens with zero attached hydrogens (tertiary/aromatic N) is 2. The van der Waals surface area contributed by atoms with Crippen LogP contribution in [-0.4, -0.2) is 14.6 Å². The first-order chi connectivity index (χ1) is 8.93. The number of carbonyl (C=O) groups is 1. The fraction of sp³-hybridized carbons (Fsp3) is 0.286. The van der Waals surface area contributed by atoms with Crippen LogP contribution in [0.3, 0.4) is 0 Å². The van der Waals surface area contributed by atoms with E-state index in [0.717, 1.165) is 11.1 Å². The first-order valence-electron chi connectivity index (χ1n) is 6.07. The third-order valence-corrected chi connectivity index (χ3v) is 3.25. The van der Waals surface area contributed by atoms with Gasteiger partial charge in [0.05, 0.1) is 5.56 Å². The summed E-state index contributed by atoms with van der Waals surface area (Å²) >= 11 is 3.82. The number of rotatable bonds is 2. The summed E-state index contributed by atoms with van der Waals surface area (Å²) in [5.74, 6) is 0. The van der Waals surface area contributed by atoms with Crippen LogP contribution in [0.4, 0.5) is 4.79 Å². The quantitative estimate of drug-likeness (QED) is 0.857. The molecule has 0 N–H and O–H groups in total. The van der Waals surface area contributed by atoms with Crippen LogP contribution in [0.2, 0.25) is 0 Å². The van der Waals surface area contributed by atoms with Crippen molar-refractivity contribution in [1.29, 1.82) is 0 Å². The van der Waals surface area contributed by atoms with Crippen molar-refractivity contribution in [2.45, 2.75) is 26.8 Å². The van der Waals surface area contributed by atoms with Gasteiger partial charge in [-0.15, -0.1) is 0 Å². The molecule has 0 aliphatic rings. The molecular weight excluding hydrogens is 260 g/mol. The van der Waals surface area contributed by atoms with E-state index in [1.165, 1.54) is 9.36 Å². The molecule has 0 aliphatic heterocycles. The van der Waals surface area contributed by atoms with Gasteiger partial charge >= 0.3 is 5.24 Å². The molecule has 0 unspecified atom stereocenters. The van der Waals surface area contributed by atoms with E-state index in [-0.39, 0.29) is 11.6 Å². The van der Waals surface area contributed by atoms with Gasteiger partial charge in [-0.05, 0) is 31.9 Å². The van der Waals surface area contributed by atoms with Crippen LogP contribution >= 0.6 is 12.6 Å². The van der Waals surface area contributed by atoms with E-state index in [1.54, 1.807) is 6.20 Å². The Hall–Kier alpha value is -1.75. The summed E-state index contributed by atoms with van der Waals surface area (Å²) in [6.07, 6.45) is 1.56. The van der Waals surface area contributed by atoms with Crippen LogP contribution in [0.15, 0.2) is 35.3 Å². The smallest absolute Gasteiger partial charge is 0.267 e. The molecule has 1 aromatic heterocycles. The molecule has 0 saturated carbocycles. The van der Waals surface area contributed by atoms with Gasteiger partial charge in [-0.3, -0.25) is 9.59 Å². The predicted octanol–water partition coefficient (Wildman–Crippen LogP) is 3.10. The molecule has 0 radical (unpaired) electrons. The minimum atomic E-state index is -0.467. The lowest BCUT2D eigenvalue weighted by atomic mass is 10.0. The highest BCUT2D eigenvalue weighted by Gasteiger charge is 2.18. The largest absolute Gasteiger partial charge is 0.301 e. The Balaban J connectivity index is 2.74. The van der Waals surface area contributed by atoms with Crippen LogP contribution < -0.4 is 5.56 Å². The second kappa shape index (κ2) is 5.09. The molecular formula is C14H16N2O2S. The van der Waals surface area contributed by atoms with Crippen molar-refractivity contribution in [3.8, 4) is 11.1 Å². The number of thiol groups is 1. The van der Waals surface area contributed by atoms with E-state index in [0.29, 0.717) is 5.56 Å². The summed E-state index contributed by atoms with van der Waals surface area (Å²) in [5.41, 5.74) is 2.19. The molecule has 0 spiro atoms. The Kier molecular flexibility index (Phi) is 3.66. The third kappa shape index (κ3) is 2.38. The second-order valence-corrected chi connectivity index (χ2v) is 5.11. The van der Waals surface area contributed by atoms with Crippen LogP contribution in [0.5, 0.6) is 0 Å². The lowest BCUT2D eigenvalue weighted by molar-refractivity contribution is 0.254. The Labute approximate surface area is 117 Å². The average Bonchev–Trinajstić information content (AvgIpc) is 2.68. The lowest BCUT2D eigenvalue weighted by Crippen LogP contribution is -2.27. The number of aryl methyl sites for hydroxylation is 1. The summed E-state index contributed by atoms with van der Waals surface area (Å²) < 4.78 is 2.68. The topological polar surface area (TPSA) is 44.0 Å². The summed E-state index contributed by atoms with van der Waals surface area (Å²) in [4.78, 5) is 24.0. The molecule has 0 saturated heterocycles. The number of hydrogen-bond acceptors (Lipinski definition) is 2. The summed E-state index contributed by atoms with van der Waals surface area (Å²) in [6.45, 7) is 5.65. The van der Waals surface area contributed by atoms with Crippen molar-refractivity contribution in [1.82, 2.24) is 9.36 Å². The van der Waals surface area contributed by atoms with Gasteiger partial charge in [-0.1, -0.05) is 36.9 Å². The Morgan fingerprint density at radius 1 is 1.21 bits per heavy atom. The number of benzene rings is 1. The Bertz CT molecular complexity index is 683. The number of aromatic nitrogens is 2. The van der Waals surface area contributed by atoms with Crippen molar-refractivity contribution in [3.05, 3.63) is 46.4 Å². The molecule has 0 aliphatic carbocycles. The molecule has 1 heterocycles. The zero-order valence-electron chi connectivity index (χ0n) is 11.1. The van der Waals surface area contributed by atoms with Crippen molar-refractivity contribution < 1.29 is 4.79 Å². The average molecular weight is 276 g/mol. The van der Waals surface area contributed by atoms with Gasteiger partial charge in [-0.2, -0.15) is 0 Å². The number of carbonyl (C=O) groups excluding carboxylic acids is 1. The van der Waals surface area contributed by atoms with Gasteiger partial charge in [0.1, 0.15) is 0 Å². The van der Waals surface area contributed by atoms with Crippen molar-refractivity contribution in [2.75, 3.05) is 0 Å². The van der Waals surface area contributed by atoms with Crippen LogP contribution in [-0.2, 0) is 0 Å². The molecule has 0 fully saturated rings. The SMILES string of the molecule is Cc1ccccc1-c1cn(C(=O)S)n(C(C)C)c1=O. The van der Waals surface area contributed by atoms with Crippen LogP contribution in [0.25, 0.3) is 11.1 Å². The maximum Gasteiger partial charge on any atom is 0.301 e. The molecule has 4 nitrogen and oxygen atoms in total. The Morgan fingerprint density at radius 3 is 2.32 bits per heavy atom. The molecule has 2 rings (SSSR count). The highest BCUT2D eigenvalue weighted by molar-refractivity contribution is 7.96. The third-order valence-electron chi connectivity index (χ3n) is 3.04. The molecule has 0 amide bonds. The van der Waals surface area contributed by atoms with E-state index in [2.05, 4.69) is 12.6 Å². The monoisotopic (exact) mass is 276 g/mol. The highest BCUT2D eigenvalue weighted by atomic mass is 32.1. The first-order valence-corrected chi connectivity index (χ1v) is 6.51. The highest BCUT2D eigenvalue weighted by Crippen LogP contribution is 2.21. The van der Waals surface area contributed by atoms with Crippen molar-refractivity contribution >= 4 is 17.9 Å². The fourth-order valence-corrected chi connectivity index (χ4v) is 2.31. The van der Waals surface area contributed by atoms with Crippen molar-refractivity contribution in [3.63, 3.8) is 0 Å². The minimum absolute atomic E-state index is 0.110. The molecule has 2 aromatic rings. The van der Waals surface area contributed by atoms with Gasteiger partial charge < -0.3 is 0 Å². The summed E-state index contributed by atoms with van der Waals surface area (Å²) in [6, 6.07) is 7.50. The van der Waals surface area contributed by atoms with Gasteiger partial charge in [0.2, 0.25) is 0 Å². The lowest BCUT2D eigenvalue weighted by Gasteiger charge is -2.10. The second-order valence-electron chi connectivity index (χ2n) is 4.73. The fourth-order valence-electron chi connectivity index (χ4n) is 2.15. The predicted molar refractivity (Wildman–Crippen MR) is 79.0 cm³/mol. The van der Waals surface area contributed by atoms with E-state index in [1.807, 2.05) is 45.0 Å². The first kappa shape index (κ1) is 13.7. The summed E-state index contributed by atoms with van der Waals surface area (Å²) in [7, 11) is 0. The van der Waals surface area contributed by atoms with Gasteiger partial charge in [-0.25, -0.2) is 9.36 Å². The summed E-state index contributed by atoms with van der Waals surface area (Å²) in [5, 5.41) is -0.467. The van der Waals surface area contributed by atoms with Gasteiger partial charge in [0, 0.05) is 12.2 Å². The van der Waals surface area contributed by atoms with E-state index in [9.17, 15) is 9.59 Å². The molecule has 100 valence electrons. The normalized spacial score (nSPS) is 11.0. The Morgan fingerprint density at radius 2 is 1.84 bits per heavy atom. The minimum Gasteiger partial charge on any atom is -0.267 e. The standard InChI is InChI=1S/C14H16N2O2S/c1-9(2)16-13(17)12(8-15(16)14(18)19)11-7-5-4-6-10(11)3/h4-9H,1-3H3,(H,18,19). The van der Waals surface area contributed by atoms with Gasteiger partial charge in [0.15, 0.2) is 0 Å². The van der Waals surface area contributed by atoms with Crippen LogP contribution in [0, 0.1) is 6.92 Å².